The highest BCUT2D eigenvalue weighted by atomic mass is 15.4. The van der Waals surface area contributed by atoms with E-state index in [0.29, 0.717) is 17.5 Å². The first-order valence-corrected chi connectivity index (χ1v) is 12.0. The molecule has 3 fully saturated rings. The van der Waals surface area contributed by atoms with Crippen molar-refractivity contribution >= 4 is 28.5 Å². The van der Waals surface area contributed by atoms with Crippen molar-refractivity contribution in [2.24, 2.45) is 10.7 Å². The van der Waals surface area contributed by atoms with Crippen LogP contribution in [0.1, 0.15) is 18.4 Å². The molecule has 0 amide bonds. The van der Waals surface area contributed by atoms with Crippen LogP contribution >= 0.6 is 0 Å². The number of fused-ring (bicyclic) bond motifs is 2. The molecule has 1 aromatic carbocycles. The largest absolute Gasteiger partial charge is 0.387 e. The third-order valence-corrected chi connectivity index (χ3v) is 7.53. The molecule has 168 valence electrons. The van der Waals surface area contributed by atoms with Crippen LogP contribution in [0.2, 0.25) is 0 Å². The number of pyridine rings is 1. The molecule has 3 aliphatic heterocycles. The van der Waals surface area contributed by atoms with E-state index in [0.717, 1.165) is 53.8 Å². The van der Waals surface area contributed by atoms with Crippen molar-refractivity contribution in [2.75, 3.05) is 44.2 Å². The highest BCUT2D eigenvalue weighted by Gasteiger charge is 2.37. The van der Waals surface area contributed by atoms with Gasteiger partial charge >= 0.3 is 0 Å². The Morgan fingerprint density at radius 1 is 0.879 bits per heavy atom. The summed E-state index contributed by atoms with van der Waals surface area (Å²) in [6.07, 6.45) is 5.42. The molecule has 2 saturated heterocycles. The average Bonchev–Trinajstić information content (AvgIpc) is 3.58. The molecule has 4 aliphatic rings. The summed E-state index contributed by atoms with van der Waals surface area (Å²) in [7, 11) is 0. The molecule has 5 heterocycles. The Hall–Kier alpha value is -3.10. The Labute approximate surface area is 193 Å². The number of nitrogens with zero attached hydrogens (tertiary/aromatic N) is 7. The number of nitrogens with two attached hydrogens (primary N) is 1. The number of piperazine rings is 1. The van der Waals surface area contributed by atoms with E-state index >= 15 is 0 Å². The minimum atomic E-state index is 0.627. The summed E-state index contributed by atoms with van der Waals surface area (Å²) in [5.41, 5.74) is 11.4. The van der Waals surface area contributed by atoms with E-state index in [1.807, 2.05) is 18.3 Å². The van der Waals surface area contributed by atoms with E-state index in [2.05, 4.69) is 42.9 Å². The summed E-state index contributed by atoms with van der Waals surface area (Å²) in [5, 5.41) is 0. The summed E-state index contributed by atoms with van der Waals surface area (Å²) in [5.74, 6) is 1.59. The van der Waals surface area contributed by atoms with Gasteiger partial charge in [0.15, 0.2) is 5.65 Å². The highest BCUT2D eigenvalue weighted by Crippen LogP contribution is 2.32. The van der Waals surface area contributed by atoms with E-state index in [1.165, 1.54) is 44.6 Å². The first-order chi connectivity index (χ1) is 16.2. The Balaban J connectivity index is 1.07. The minimum Gasteiger partial charge on any atom is -0.387 e. The van der Waals surface area contributed by atoms with Crippen LogP contribution in [-0.4, -0.2) is 81.9 Å². The Morgan fingerprint density at radius 2 is 1.67 bits per heavy atom. The fraction of sp³-hybridized carbons (Fsp3) is 0.440. The number of benzene rings is 1. The molecular weight excluding hydrogens is 412 g/mol. The second-order valence-corrected chi connectivity index (χ2v) is 9.75. The fourth-order valence-corrected chi connectivity index (χ4v) is 5.35. The van der Waals surface area contributed by atoms with Gasteiger partial charge in [0.2, 0.25) is 0 Å². The molecule has 0 bridgehead atoms. The maximum absolute atomic E-state index is 5.90. The topological polar surface area (TPSA) is 86.8 Å². The lowest BCUT2D eigenvalue weighted by atomic mass is 10.1. The van der Waals surface area contributed by atoms with Crippen LogP contribution in [0.5, 0.6) is 0 Å². The molecule has 1 aliphatic carbocycles. The minimum absolute atomic E-state index is 0.627. The van der Waals surface area contributed by atoms with Gasteiger partial charge in [-0.2, -0.15) is 0 Å². The zero-order chi connectivity index (χ0) is 21.9. The number of rotatable bonds is 4. The molecule has 0 unspecified atom stereocenters. The van der Waals surface area contributed by atoms with Gasteiger partial charge in [0, 0.05) is 63.3 Å². The summed E-state index contributed by atoms with van der Waals surface area (Å²) in [6, 6.07) is 11.7. The maximum atomic E-state index is 5.90. The molecule has 0 spiro atoms. The molecule has 0 radical (unpaired) electrons. The van der Waals surface area contributed by atoms with Crippen LogP contribution < -0.4 is 10.6 Å². The first kappa shape index (κ1) is 19.4. The maximum Gasteiger partial charge on any atom is 0.180 e. The van der Waals surface area contributed by atoms with Crippen LogP contribution in [0.4, 0.5) is 11.5 Å². The second-order valence-electron chi connectivity index (χ2n) is 9.75. The van der Waals surface area contributed by atoms with Gasteiger partial charge in [0.05, 0.1) is 17.6 Å². The van der Waals surface area contributed by atoms with Crippen LogP contribution in [0, 0.1) is 0 Å². The number of amidine groups is 1. The van der Waals surface area contributed by atoms with Crippen molar-refractivity contribution in [1.82, 2.24) is 24.8 Å². The Kier molecular flexibility index (Phi) is 4.38. The quantitative estimate of drug-likeness (QED) is 0.666. The van der Waals surface area contributed by atoms with Crippen LogP contribution in [0.25, 0.3) is 22.4 Å². The van der Waals surface area contributed by atoms with Gasteiger partial charge in [-0.25, -0.2) is 19.9 Å². The number of aromatic nitrogens is 3. The van der Waals surface area contributed by atoms with Gasteiger partial charge in [-0.05, 0) is 36.6 Å². The monoisotopic (exact) mass is 440 g/mol. The van der Waals surface area contributed by atoms with Gasteiger partial charge in [-0.1, -0.05) is 12.1 Å². The van der Waals surface area contributed by atoms with Crippen molar-refractivity contribution in [2.45, 2.75) is 31.3 Å². The van der Waals surface area contributed by atoms with Crippen LogP contribution in [0.15, 0.2) is 41.5 Å². The smallest absolute Gasteiger partial charge is 0.180 e. The molecule has 1 saturated carbocycles. The lowest BCUT2D eigenvalue weighted by Crippen LogP contribution is -2.63. The molecule has 8 nitrogen and oxygen atoms in total. The van der Waals surface area contributed by atoms with Crippen molar-refractivity contribution in [3.8, 4) is 11.3 Å². The number of aliphatic imine (C=N–C) groups is 1. The third kappa shape index (κ3) is 3.54. The summed E-state index contributed by atoms with van der Waals surface area (Å²) < 4.78 is 0. The standard InChI is InChI=1S/C25H28N8/c26-23-12-17-2-1-16(11-22(17)28-23)20-5-6-21-25(29-20)30-24(13-27-21)33-14-19(15-33)32-9-7-31(8-10-32)18-3-4-18/h1-2,5-6,11,13,18-19H,3-4,7-10,12,14-15H2,(H2,26,28). The number of hydrogen-bond donors (Lipinski definition) is 1. The van der Waals surface area contributed by atoms with E-state index in [-0.39, 0.29) is 0 Å². The average molecular weight is 441 g/mol. The van der Waals surface area contributed by atoms with Gasteiger partial charge in [-0.15, -0.1) is 0 Å². The van der Waals surface area contributed by atoms with Crippen molar-refractivity contribution < 1.29 is 0 Å². The predicted molar refractivity (Wildman–Crippen MR) is 130 cm³/mol. The normalized spacial score (nSPS) is 21.8. The summed E-state index contributed by atoms with van der Waals surface area (Å²) >= 11 is 0. The molecule has 0 atom stereocenters. The van der Waals surface area contributed by atoms with Gasteiger partial charge in [0.1, 0.15) is 17.2 Å². The molecular formula is C25H28N8. The Morgan fingerprint density at radius 3 is 2.45 bits per heavy atom. The fourth-order valence-electron chi connectivity index (χ4n) is 5.35. The lowest BCUT2D eigenvalue weighted by Gasteiger charge is -2.48. The first-order valence-electron chi connectivity index (χ1n) is 12.0. The summed E-state index contributed by atoms with van der Waals surface area (Å²) in [6.45, 7) is 6.88. The van der Waals surface area contributed by atoms with E-state index in [1.54, 1.807) is 0 Å². The lowest BCUT2D eigenvalue weighted by molar-refractivity contribution is 0.0791. The molecule has 2 N–H and O–H groups in total. The van der Waals surface area contributed by atoms with Crippen LogP contribution in [0.3, 0.4) is 0 Å². The molecule has 2 aromatic heterocycles. The molecule has 8 heteroatoms. The van der Waals surface area contributed by atoms with Crippen molar-refractivity contribution in [1.29, 1.82) is 0 Å². The van der Waals surface area contributed by atoms with Crippen molar-refractivity contribution in [3.63, 3.8) is 0 Å². The van der Waals surface area contributed by atoms with E-state index in [4.69, 9.17) is 15.7 Å². The van der Waals surface area contributed by atoms with E-state index in [9.17, 15) is 0 Å². The molecule has 3 aromatic rings. The van der Waals surface area contributed by atoms with E-state index < -0.39 is 0 Å². The van der Waals surface area contributed by atoms with Gasteiger partial charge in [-0.3, -0.25) is 9.80 Å². The zero-order valence-electron chi connectivity index (χ0n) is 18.7. The second kappa shape index (κ2) is 7.46. The Bertz CT molecular complexity index is 1250. The zero-order valence-corrected chi connectivity index (χ0v) is 18.7. The predicted octanol–water partition coefficient (Wildman–Crippen LogP) is 2.21. The summed E-state index contributed by atoms with van der Waals surface area (Å²) in [4.78, 5) is 26.4. The van der Waals surface area contributed by atoms with Gasteiger partial charge < -0.3 is 10.6 Å². The van der Waals surface area contributed by atoms with Crippen molar-refractivity contribution in [3.05, 3.63) is 42.1 Å². The number of anilines is 1. The molecule has 7 rings (SSSR count). The third-order valence-electron chi connectivity index (χ3n) is 7.53. The van der Waals surface area contributed by atoms with Gasteiger partial charge in [0.25, 0.3) is 0 Å². The number of hydrogen-bond acceptors (Lipinski definition) is 8. The SMILES string of the molecule is NC1=Nc2cc(-c3ccc4ncc(N5CC(N6CCN(C7CC7)CC6)C5)nc4n3)ccc2C1. The van der Waals surface area contributed by atoms with Crippen LogP contribution in [-0.2, 0) is 6.42 Å². The highest BCUT2D eigenvalue weighted by molar-refractivity contribution is 5.92. The molecule has 33 heavy (non-hydrogen) atoms.